The number of carbonyl (C=O) groups excluding carboxylic acids is 1. The first-order valence-corrected chi connectivity index (χ1v) is 10.5. The van der Waals surface area contributed by atoms with Crippen LogP contribution in [0.15, 0.2) is 47.0 Å². The normalized spacial score (nSPS) is 15.0. The number of aromatic nitrogens is 2. The summed E-state index contributed by atoms with van der Waals surface area (Å²) in [6.45, 7) is 6.80. The van der Waals surface area contributed by atoms with Crippen LogP contribution in [0.3, 0.4) is 0 Å². The predicted octanol–water partition coefficient (Wildman–Crippen LogP) is 4.72. The molecule has 1 saturated heterocycles. The van der Waals surface area contributed by atoms with Crippen LogP contribution in [0.2, 0.25) is 0 Å². The van der Waals surface area contributed by atoms with E-state index in [1.807, 2.05) is 32.0 Å². The van der Waals surface area contributed by atoms with Crippen molar-refractivity contribution in [2.24, 2.45) is 0 Å². The van der Waals surface area contributed by atoms with Gasteiger partial charge in [0.05, 0.1) is 12.1 Å². The summed E-state index contributed by atoms with van der Waals surface area (Å²) in [5.41, 5.74) is 2.65. The molecule has 7 nitrogen and oxygen atoms in total. The lowest BCUT2D eigenvalue weighted by Gasteiger charge is -2.34. The van der Waals surface area contributed by atoms with E-state index in [1.54, 1.807) is 4.90 Å². The first-order chi connectivity index (χ1) is 15.7. The minimum Gasteiger partial charge on any atom is -0.334 e. The van der Waals surface area contributed by atoms with E-state index in [1.165, 1.54) is 12.1 Å². The monoisotopic (exact) mass is 459 g/mol. The van der Waals surface area contributed by atoms with Gasteiger partial charge in [-0.1, -0.05) is 22.9 Å². The van der Waals surface area contributed by atoms with Crippen molar-refractivity contribution in [2.75, 3.05) is 31.5 Å². The largest absolute Gasteiger partial charge is 0.416 e. The van der Waals surface area contributed by atoms with Crippen molar-refractivity contribution < 1.29 is 22.5 Å². The molecule has 3 aromatic rings. The number of anilines is 1. The molecule has 0 atom stereocenters. The first kappa shape index (κ1) is 22.8. The maximum absolute atomic E-state index is 12.7. The van der Waals surface area contributed by atoms with E-state index >= 15 is 0 Å². The van der Waals surface area contributed by atoms with Crippen LogP contribution in [-0.2, 0) is 12.7 Å². The van der Waals surface area contributed by atoms with Crippen molar-refractivity contribution in [2.45, 2.75) is 26.6 Å². The third-order valence-corrected chi connectivity index (χ3v) is 5.58. The predicted molar refractivity (Wildman–Crippen MR) is 117 cm³/mol. The lowest BCUT2D eigenvalue weighted by atomic mass is 10.1. The van der Waals surface area contributed by atoms with Gasteiger partial charge in [0.25, 0.3) is 5.89 Å². The Balaban J connectivity index is 1.30. The van der Waals surface area contributed by atoms with Crippen LogP contribution >= 0.6 is 0 Å². The molecule has 0 saturated carbocycles. The SMILES string of the molecule is Cc1ccc(NC(=O)N2CCN(Cc3noc(-c4ccc(C(F)(F)F)cc4)n3)CC2)c(C)c1. The molecule has 174 valence electrons. The number of hydrogen-bond acceptors (Lipinski definition) is 5. The molecule has 1 fully saturated rings. The van der Waals surface area contributed by atoms with Crippen LogP contribution < -0.4 is 5.32 Å². The standard InChI is InChI=1S/C23H24F3N5O2/c1-15-3-8-19(16(2)13-15)27-22(32)31-11-9-30(10-12-31)14-20-28-21(33-29-20)17-4-6-18(7-5-17)23(24,25)26/h3-8,13H,9-12,14H2,1-2H3,(H,27,32). The number of aryl methyl sites for hydroxylation is 2. The van der Waals surface area contributed by atoms with Crippen LogP contribution in [0.5, 0.6) is 0 Å². The Labute approximate surface area is 189 Å². The molecule has 0 unspecified atom stereocenters. The maximum atomic E-state index is 12.7. The van der Waals surface area contributed by atoms with Crippen molar-refractivity contribution in [3.63, 3.8) is 0 Å². The number of rotatable bonds is 4. The average Bonchev–Trinajstić information content (AvgIpc) is 3.24. The molecule has 1 N–H and O–H groups in total. The highest BCUT2D eigenvalue weighted by Crippen LogP contribution is 2.30. The molecule has 0 spiro atoms. The zero-order valence-corrected chi connectivity index (χ0v) is 18.3. The molecule has 0 radical (unpaired) electrons. The summed E-state index contributed by atoms with van der Waals surface area (Å²) in [6, 6.07) is 10.4. The number of amides is 2. The number of alkyl halides is 3. The van der Waals surface area contributed by atoms with Gasteiger partial charge in [-0.15, -0.1) is 0 Å². The summed E-state index contributed by atoms with van der Waals surface area (Å²) in [5.74, 6) is 0.614. The fourth-order valence-electron chi connectivity index (χ4n) is 3.69. The number of piperazine rings is 1. The molecule has 33 heavy (non-hydrogen) atoms. The Morgan fingerprint density at radius 3 is 2.39 bits per heavy atom. The van der Waals surface area contributed by atoms with Crippen LogP contribution in [0.1, 0.15) is 22.5 Å². The zero-order valence-electron chi connectivity index (χ0n) is 18.3. The molecule has 2 amide bonds. The molecular formula is C23H24F3N5O2. The highest BCUT2D eigenvalue weighted by atomic mass is 19.4. The molecule has 10 heteroatoms. The minimum atomic E-state index is -4.39. The molecule has 2 heterocycles. The van der Waals surface area contributed by atoms with Gasteiger partial charge in [-0.3, -0.25) is 4.90 Å². The smallest absolute Gasteiger partial charge is 0.334 e. The Kier molecular flexibility index (Phi) is 6.37. The number of carbonyl (C=O) groups is 1. The van der Waals surface area contributed by atoms with Gasteiger partial charge in [0, 0.05) is 37.4 Å². The third kappa shape index (κ3) is 5.51. The highest BCUT2D eigenvalue weighted by molar-refractivity contribution is 5.90. The summed E-state index contributed by atoms with van der Waals surface area (Å²) in [7, 11) is 0. The van der Waals surface area contributed by atoms with E-state index in [4.69, 9.17) is 4.52 Å². The van der Waals surface area contributed by atoms with Crippen molar-refractivity contribution in [3.8, 4) is 11.5 Å². The van der Waals surface area contributed by atoms with Crippen LogP contribution in [-0.4, -0.2) is 52.2 Å². The zero-order chi connectivity index (χ0) is 23.6. The average molecular weight is 459 g/mol. The second-order valence-electron chi connectivity index (χ2n) is 8.10. The van der Waals surface area contributed by atoms with Gasteiger partial charge >= 0.3 is 12.2 Å². The summed E-state index contributed by atoms with van der Waals surface area (Å²) in [5, 5.41) is 6.91. The number of nitrogens with zero attached hydrogens (tertiary/aromatic N) is 4. The fraction of sp³-hybridized carbons (Fsp3) is 0.348. The molecule has 4 rings (SSSR count). The van der Waals surface area contributed by atoms with Gasteiger partial charge in [-0.25, -0.2) is 4.79 Å². The Morgan fingerprint density at radius 1 is 1.06 bits per heavy atom. The van der Waals surface area contributed by atoms with E-state index in [2.05, 4.69) is 20.4 Å². The third-order valence-electron chi connectivity index (χ3n) is 5.58. The van der Waals surface area contributed by atoms with Gasteiger partial charge in [-0.2, -0.15) is 18.2 Å². The van der Waals surface area contributed by atoms with E-state index in [0.29, 0.717) is 44.1 Å². The molecule has 1 aliphatic heterocycles. The van der Waals surface area contributed by atoms with Crippen molar-refractivity contribution in [1.82, 2.24) is 19.9 Å². The number of hydrogen-bond donors (Lipinski definition) is 1. The van der Waals surface area contributed by atoms with Crippen molar-refractivity contribution in [3.05, 3.63) is 65.0 Å². The van der Waals surface area contributed by atoms with Crippen LogP contribution in [0.25, 0.3) is 11.5 Å². The summed E-state index contributed by atoms with van der Waals surface area (Å²) in [4.78, 5) is 20.8. The minimum absolute atomic E-state index is 0.134. The van der Waals surface area contributed by atoms with Crippen LogP contribution in [0, 0.1) is 13.8 Å². The van der Waals surface area contributed by atoms with Crippen molar-refractivity contribution >= 4 is 11.7 Å². The summed E-state index contributed by atoms with van der Waals surface area (Å²) >= 11 is 0. The molecule has 1 aromatic heterocycles. The quantitative estimate of drug-likeness (QED) is 0.611. The van der Waals surface area contributed by atoms with Gasteiger partial charge < -0.3 is 14.7 Å². The van der Waals surface area contributed by atoms with Gasteiger partial charge in [-0.05, 0) is 49.7 Å². The Bertz CT molecular complexity index is 1120. The number of benzene rings is 2. The number of urea groups is 1. The molecular weight excluding hydrogens is 435 g/mol. The molecule has 0 aliphatic carbocycles. The van der Waals surface area contributed by atoms with Gasteiger partial charge in [0.15, 0.2) is 5.82 Å². The Hall–Kier alpha value is -3.40. The van der Waals surface area contributed by atoms with E-state index in [0.717, 1.165) is 28.9 Å². The second-order valence-corrected chi connectivity index (χ2v) is 8.10. The maximum Gasteiger partial charge on any atom is 0.416 e. The lowest BCUT2D eigenvalue weighted by molar-refractivity contribution is -0.137. The first-order valence-electron chi connectivity index (χ1n) is 10.5. The summed E-state index contributed by atoms with van der Waals surface area (Å²) < 4.78 is 43.4. The fourth-order valence-corrected chi connectivity index (χ4v) is 3.69. The van der Waals surface area contributed by atoms with E-state index in [9.17, 15) is 18.0 Å². The van der Waals surface area contributed by atoms with Crippen molar-refractivity contribution in [1.29, 1.82) is 0 Å². The lowest BCUT2D eigenvalue weighted by Crippen LogP contribution is -2.49. The van der Waals surface area contributed by atoms with Gasteiger partial charge in [0.1, 0.15) is 0 Å². The second kappa shape index (κ2) is 9.22. The van der Waals surface area contributed by atoms with Gasteiger partial charge in [0.2, 0.25) is 0 Å². The molecule has 0 bridgehead atoms. The number of nitrogens with one attached hydrogen (secondary N) is 1. The Morgan fingerprint density at radius 2 is 1.76 bits per heavy atom. The molecule has 1 aliphatic rings. The van der Waals surface area contributed by atoms with E-state index < -0.39 is 11.7 Å². The van der Waals surface area contributed by atoms with Crippen LogP contribution in [0.4, 0.5) is 23.7 Å². The topological polar surface area (TPSA) is 74.5 Å². The molecule has 2 aromatic carbocycles. The number of halogens is 3. The highest BCUT2D eigenvalue weighted by Gasteiger charge is 2.30. The van der Waals surface area contributed by atoms with E-state index in [-0.39, 0.29) is 11.9 Å². The summed E-state index contributed by atoms with van der Waals surface area (Å²) in [6.07, 6.45) is -4.39.